The molecule has 0 bridgehead atoms. The summed E-state index contributed by atoms with van der Waals surface area (Å²) in [6.07, 6.45) is 73.9. The van der Waals surface area contributed by atoms with Gasteiger partial charge in [-0.15, -0.1) is 0 Å². The molecule has 0 saturated carbocycles. The Bertz CT molecular complexity index is 1360. The minimum Gasteiger partial charge on any atom is -0.462 e. The van der Waals surface area contributed by atoms with Crippen molar-refractivity contribution in [3.8, 4) is 0 Å². The molecule has 0 N–H and O–H groups in total. The van der Waals surface area contributed by atoms with Crippen LogP contribution in [0.2, 0.25) is 0 Å². The Balaban J connectivity index is 4.47. The molecule has 0 aromatic heterocycles. The van der Waals surface area contributed by atoms with Gasteiger partial charge in [-0.1, -0.05) is 227 Å². The van der Waals surface area contributed by atoms with E-state index in [4.69, 9.17) is 14.2 Å². The Morgan fingerprint density at radius 3 is 1.03 bits per heavy atom. The van der Waals surface area contributed by atoms with Crippen molar-refractivity contribution >= 4 is 17.9 Å². The van der Waals surface area contributed by atoms with Crippen LogP contribution in [0.1, 0.15) is 258 Å². The Hall–Kier alpha value is -3.67. The number of hydrogen-bond donors (Lipinski definition) is 0. The highest BCUT2D eigenvalue weighted by Crippen LogP contribution is 2.14. The van der Waals surface area contributed by atoms with Gasteiger partial charge in [0, 0.05) is 19.3 Å². The Morgan fingerprint density at radius 1 is 0.324 bits per heavy atom. The van der Waals surface area contributed by atoms with Crippen molar-refractivity contribution in [2.75, 3.05) is 13.2 Å². The Morgan fingerprint density at radius 2 is 0.618 bits per heavy atom. The van der Waals surface area contributed by atoms with Crippen molar-refractivity contribution in [3.63, 3.8) is 0 Å². The third kappa shape index (κ3) is 53.3. The second-order valence-electron chi connectivity index (χ2n) is 18.5. The summed E-state index contributed by atoms with van der Waals surface area (Å²) < 4.78 is 16.8. The zero-order chi connectivity index (χ0) is 49.3. The van der Waals surface area contributed by atoms with E-state index in [1.165, 1.54) is 103 Å². The number of rotatable bonds is 50. The molecule has 6 nitrogen and oxygen atoms in total. The number of hydrogen-bond acceptors (Lipinski definition) is 6. The molecule has 0 spiro atoms. The number of unbranched alkanes of at least 4 members (excludes halogenated alkanes) is 25. The molecule has 0 amide bonds. The lowest BCUT2D eigenvalue weighted by molar-refractivity contribution is -0.167. The van der Waals surface area contributed by atoms with Gasteiger partial charge in [0.1, 0.15) is 13.2 Å². The van der Waals surface area contributed by atoms with Crippen molar-refractivity contribution in [1.82, 2.24) is 0 Å². The summed E-state index contributed by atoms with van der Waals surface area (Å²) >= 11 is 0. The van der Waals surface area contributed by atoms with E-state index in [0.29, 0.717) is 12.8 Å². The van der Waals surface area contributed by atoms with E-state index in [-0.39, 0.29) is 37.5 Å². The number of ether oxygens (including phenoxy) is 3. The smallest absolute Gasteiger partial charge is 0.306 e. The molecule has 388 valence electrons. The normalized spacial score (nSPS) is 12.8. The fraction of sp³-hybridized carbons (Fsp3) is 0.694. The molecular weight excluding hydrogens is 841 g/mol. The van der Waals surface area contributed by atoms with Crippen LogP contribution in [0.5, 0.6) is 0 Å². The largest absolute Gasteiger partial charge is 0.462 e. The lowest BCUT2D eigenvalue weighted by Gasteiger charge is -2.18. The lowest BCUT2D eigenvalue weighted by atomic mass is 10.1. The van der Waals surface area contributed by atoms with Gasteiger partial charge in [0.15, 0.2) is 6.10 Å². The maximum Gasteiger partial charge on any atom is 0.306 e. The van der Waals surface area contributed by atoms with Gasteiger partial charge in [0.2, 0.25) is 0 Å². The number of allylic oxidation sites excluding steroid dienone is 16. The van der Waals surface area contributed by atoms with E-state index < -0.39 is 6.10 Å². The topological polar surface area (TPSA) is 78.9 Å². The monoisotopic (exact) mass is 945 g/mol. The van der Waals surface area contributed by atoms with Crippen molar-refractivity contribution in [3.05, 3.63) is 97.2 Å². The Labute approximate surface area is 419 Å². The first-order valence-electron chi connectivity index (χ1n) is 28.3. The fourth-order valence-corrected chi connectivity index (χ4v) is 7.59. The van der Waals surface area contributed by atoms with Crippen LogP contribution in [0.3, 0.4) is 0 Å². The molecule has 0 aliphatic heterocycles. The number of carbonyl (C=O) groups excluding carboxylic acids is 3. The van der Waals surface area contributed by atoms with E-state index >= 15 is 0 Å². The standard InChI is InChI=1S/C62H104O6/c1-4-7-10-13-16-19-22-25-28-30-31-32-35-37-40-43-46-49-52-55-61(64)67-58-59(57-66-60(63)54-51-48-45-42-39-36-33-27-24-21-18-15-12-9-6-3)68-62(65)56-53-50-47-44-41-38-34-29-26-23-20-17-14-11-8-5-2/h7,10,16,18-19,21,24-25,27-29,31-32,34,38,41,59H,4-6,8-9,11-15,17,20,22-23,26,30,33,35-37,39-40,42-58H2,1-3H3/b10-7-,19-16-,21-18-,27-24-,28-25-,32-31-,34-29-,41-38-. The molecule has 1 atom stereocenters. The second kappa shape index (κ2) is 55.9. The van der Waals surface area contributed by atoms with Crippen LogP contribution in [-0.4, -0.2) is 37.2 Å². The SMILES string of the molecule is CC/C=C\C/C=C\C/C=C\C/C=C\CCCCCCCCC(=O)OCC(COC(=O)CCCCCCCC/C=C\C=C/CCCCC)OC(=O)CCCCC/C=C\C=C/CCCCCCCCC. The molecule has 0 aromatic rings. The van der Waals surface area contributed by atoms with Crippen molar-refractivity contribution in [1.29, 1.82) is 0 Å². The van der Waals surface area contributed by atoms with Crippen LogP contribution >= 0.6 is 0 Å². The quantitative estimate of drug-likeness (QED) is 0.0199. The minimum atomic E-state index is -0.804. The number of carbonyl (C=O) groups is 3. The highest BCUT2D eigenvalue weighted by molar-refractivity contribution is 5.71. The first-order chi connectivity index (χ1) is 33.5. The van der Waals surface area contributed by atoms with Crippen LogP contribution in [0.25, 0.3) is 0 Å². The summed E-state index contributed by atoms with van der Waals surface area (Å²) in [5.74, 6) is -0.949. The minimum absolute atomic E-state index is 0.0997. The molecule has 0 heterocycles. The van der Waals surface area contributed by atoms with Gasteiger partial charge in [-0.05, 0) is 109 Å². The summed E-state index contributed by atoms with van der Waals surface area (Å²) in [6, 6.07) is 0. The maximum absolute atomic E-state index is 12.8. The molecule has 0 aliphatic rings. The summed E-state index contributed by atoms with van der Waals surface area (Å²) in [6.45, 7) is 6.45. The van der Waals surface area contributed by atoms with Crippen LogP contribution in [0.4, 0.5) is 0 Å². The average Bonchev–Trinajstić information content (AvgIpc) is 3.34. The predicted octanol–water partition coefficient (Wildman–Crippen LogP) is 18.9. The summed E-state index contributed by atoms with van der Waals surface area (Å²) in [5.41, 5.74) is 0. The van der Waals surface area contributed by atoms with Crippen molar-refractivity contribution in [2.24, 2.45) is 0 Å². The van der Waals surface area contributed by atoms with E-state index in [2.05, 4.69) is 118 Å². The van der Waals surface area contributed by atoms with Gasteiger partial charge in [0.05, 0.1) is 0 Å². The molecule has 0 radical (unpaired) electrons. The highest BCUT2D eigenvalue weighted by Gasteiger charge is 2.19. The third-order valence-corrected chi connectivity index (χ3v) is 11.8. The van der Waals surface area contributed by atoms with E-state index in [9.17, 15) is 14.4 Å². The predicted molar refractivity (Wildman–Crippen MR) is 293 cm³/mol. The maximum atomic E-state index is 12.8. The van der Waals surface area contributed by atoms with E-state index in [1.54, 1.807) is 0 Å². The molecule has 0 saturated heterocycles. The molecule has 0 rings (SSSR count). The lowest BCUT2D eigenvalue weighted by Crippen LogP contribution is -2.30. The van der Waals surface area contributed by atoms with E-state index in [1.807, 2.05) is 0 Å². The summed E-state index contributed by atoms with van der Waals surface area (Å²) in [4.78, 5) is 38.1. The second-order valence-corrected chi connectivity index (χ2v) is 18.5. The highest BCUT2D eigenvalue weighted by atomic mass is 16.6. The van der Waals surface area contributed by atoms with E-state index in [0.717, 1.165) is 116 Å². The van der Waals surface area contributed by atoms with Gasteiger partial charge in [-0.25, -0.2) is 0 Å². The summed E-state index contributed by atoms with van der Waals surface area (Å²) in [7, 11) is 0. The molecule has 0 aromatic carbocycles. The summed E-state index contributed by atoms with van der Waals surface area (Å²) in [5, 5.41) is 0. The number of esters is 3. The Kier molecular flexibility index (Phi) is 52.9. The average molecular weight is 946 g/mol. The molecule has 0 fully saturated rings. The zero-order valence-corrected chi connectivity index (χ0v) is 44.3. The van der Waals surface area contributed by atoms with Gasteiger partial charge in [-0.3, -0.25) is 14.4 Å². The van der Waals surface area contributed by atoms with Crippen molar-refractivity contribution < 1.29 is 28.6 Å². The third-order valence-electron chi connectivity index (χ3n) is 11.8. The molecule has 0 aliphatic carbocycles. The molecular formula is C62H104O6. The van der Waals surface area contributed by atoms with Gasteiger partial charge in [0.25, 0.3) is 0 Å². The van der Waals surface area contributed by atoms with Crippen LogP contribution < -0.4 is 0 Å². The fourth-order valence-electron chi connectivity index (χ4n) is 7.59. The van der Waals surface area contributed by atoms with Gasteiger partial charge in [-0.2, -0.15) is 0 Å². The van der Waals surface area contributed by atoms with Crippen LogP contribution in [0.15, 0.2) is 97.2 Å². The van der Waals surface area contributed by atoms with Gasteiger partial charge < -0.3 is 14.2 Å². The molecule has 68 heavy (non-hydrogen) atoms. The van der Waals surface area contributed by atoms with Crippen LogP contribution in [0, 0.1) is 0 Å². The molecule has 1 unspecified atom stereocenters. The first-order valence-corrected chi connectivity index (χ1v) is 28.3. The van der Waals surface area contributed by atoms with Gasteiger partial charge >= 0.3 is 17.9 Å². The molecule has 6 heteroatoms. The van der Waals surface area contributed by atoms with Crippen LogP contribution in [-0.2, 0) is 28.6 Å². The first kappa shape index (κ1) is 64.3. The zero-order valence-electron chi connectivity index (χ0n) is 44.3. The van der Waals surface area contributed by atoms with Crippen molar-refractivity contribution in [2.45, 2.75) is 264 Å².